The van der Waals surface area contributed by atoms with Crippen molar-refractivity contribution in [2.24, 2.45) is 0 Å². The summed E-state index contributed by atoms with van der Waals surface area (Å²) in [6.45, 7) is 4.62. The first-order valence-corrected chi connectivity index (χ1v) is 32.7. The molecule has 0 heterocycles. The van der Waals surface area contributed by atoms with Gasteiger partial charge in [0.15, 0.2) is 6.10 Å². The van der Waals surface area contributed by atoms with E-state index in [0.717, 1.165) is 103 Å². The summed E-state index contributed by atoms with van der Waals surface area (Å²) >= 11 is 0. The number of carbonyl (C=O) groups excluding carboxylic acids is 2. The molecule has 2 unspecified atom stereocenters. The highest BCUT2D eigenvalue weighted by Crippen LogP contribution is 2.17. The SMILES string of the molecule is CC/C=C\C/C=C\C/C=C\C/C=C\C/C=C\C/C=C\CCCCCCCCCCCCCCCCCCCCCCC(=O)OC(COC(=O)CCCCCC/C=C\C/C=C\C/C=C\C/C=C\CC)COC(OCC[N+](C)(C)C)C(=O)O. The first kappa shape index (κ1) is 76.7. The molecule has 0 spiro atoms. The number of hydrogen-bond acceptors (Lipinski definition) is 7. The Morgan fingerprint density at radius 3 is 0.988 bits per heavy atom. The van der Waals surface area contributed by atoms with Crippen LogP contribution in [0.1, 0.15) is 258 Å². The lowest BCUT2D eigenvalue weighted by Crippen LogP contribution is -2.40. The quantitative estimate of drug-likeness (QED) is 0.0211. The Bertz CT molecular complexity index is 1740. The predicted molar refractivity (Wildman–Crippen MR) is 345 cm³/mol. The average molecular weight is 1130 g/mol. The van der Waals surface area contributed by atoms with Crippen molar-refractivity contribution in [2.75, 3.05) is 47.5 Å². The molecule has 0 aliphatic carbocycles. The first-order chi connectivity index (χ1) is 39.6. The zero-order valence-corrected chi connectivity index (χ0v) is 52.7. The van der Waals surface area contributed by atoms with Crippen molar-refractivity contribution in [1.29, 1.82) is 0 Å². The van der Waals surface area contributed by atoms with Gasteiger partial charge in [-0.05, 0) is 103 Å². The number of carboxylic acid groups (broad SMARTS) is 1. The summed E-state index contributed by atoms with van der Waals surface area (Å²) < 4.78 is 22.9. The molecule has 81 heavy (non-hydrogen) atoms. The number of esters is 2. The molecule has 0 amide bonds. The monoisotopic (exact) mass is 1130 g/mol. The van der Waals surface area contributed by atoms with Gasteiger partial charge in [0.1, 0.15) is 13.2 Å². The number of rotatable bonds is 59. The van der Waals surface area contributed by atoms with Gasteiger partial charge in [-0.15, -0.1) is 0 Å². The molecule has 9 heteroatoms. The van der Waals surface area contributed by atoms with E-state index in [2.05, 4.69) is 135 Å². The molecule has 2 atom stereocenters. The van der Waals surface area contributed by atoms with E-state index in [1.54, 1.807) is 0 Å². The van der Waals surface area contributed by atoms with Gasteiger partial charge in [-0.3, -0.25) is 9.59 Å². The zero-order chi connectivity index (χ0) is 59.1. The molecule has 0 fully saturated rings. The number of unbranched alkanes of at least 4 members (excludes halogenated alkanes) is 24. The van der Waals surface area contributed by atoms with Crippen LogP contribution in [0.2, 0.25) is 0 Å². The van der Waals surface area contributed by atoms with Gasteiger partial charge in [-0.25, -0.2) is 4.79 Å². The predicted octanol–water partition coefficient (Wildman–Crippen LogP) is 20.0. The molecule has 0 aromatic carbocycles. The van der Waals surface area contributed by atoms with Gasteiger partial charge in [0, 0.05) is 12.8 Å². The topological polar surface area (TPSA) is 108 Å². The van der Waals surface area contributed by atoms with Crippen LogP contribution in [-0.2, 0) is 33.3 Å². The molecule has 0 saturated heterocycles. The van der Waals surface area contributed by atoms with Crippen LogP contribution in [0.5, 0.6) is 0 Å². The van der Waals surface area contributed by atoms with Gasteiger partial charge in [0.05, 0.1) is 34.4 Å². The zero-order valence-electron chi connectivity index (χ0n) is 52.7. The molecule has 0 radical (unpaired) electrons. The van der Waals surface area contributed by atoms with E-state index in [9.17, 15) is 19.5 Å². The molecule has 0 rings (SSSR count). The van der Waals surface area contributed by atoms with Crippen molar-refractivity contribution in [3.8, 4) is 0 Å². The highest BCUT2D eigenvalue weighted by Gasteiger charge is 2.25. The molecule has 0 aromatic rings. The van der Waals surface area contributed by atoms with Crippen molar-refractivity contribution in [1.82, 2.24) is 0 Å². The fraction of sp³-hybridized carbons (Fsp3) is 0.681. The number of allylic oxidation sites excluding steroid dienone is 20. The Morgan fingerprint density at radius 2 is 0.667 bits per heavy atom. The van der Waals surface area contributed by atoms with Gasteiger partial charge in [0.25, 0.3) is 6.29 Å². The second kappa shape index (κ2) is 61.8. The lowest BCUT2D eigenvalue weighted by atomic mass is 10.0. The summed E-state index contributed by atoms with van der Waals surface area (Å²) in [6.07, 6.45) is 84.5. The molecule has 462 valence electrons. The second-order valence-corrected chi connectivity index (χ2v) is 22.7. The van der Waals surface area contributed by atoms with E-state index in [4.69, 9.17) is 18.9 Å². The minimum atomic E-state index is -1.52. The molecule has 0 aliphatic heterocycles. The largest absolute Gasteiger partial charge is 0.477 e. The van der Waals surface area contributed by atoms with E-state index >= 15 is 0 Å². The fourth-order valence-electron chi connectivity index (χ4n) is 8.77. The van der Waals surface area contributed by atoms with Crippen LogP contribution in [-0.4, -0.2) is 87.4 Å². The van der Waals surface area contributed by atoms with Gasteiger partial charge >= 0.3 is 17.9 Å². The van der Waals surface area contributed by atoms with Crippen LogP contribution in [0.15, 0.2) is 122 Å². The second-order valence-electron chi connectivity index (χ2n) is 22.7. The summed E-state index contributed by atoms with van der Waals surface area (Å²) in [5.41, 5.74) is 0. The average Bonchev–Trinajstić information content (AvgIpc) is 3.44. The highest BCUT2D eigenvalue weighted by molar-refractivity contribution is 5.71. The number of aliphatic carboxylic acids is 1. The third-order valence-electron chi connectivity index (χ3n) is 13.7. The van der Waals surface area contributed by atoms with Crippen LogP contribution in [0, 0.1) is 0 Å². The molecule has 0 aromatic heterocycles. The van der Waals surface area contributed by atoms with Crippen LogP contribution < -0.4 is 0 Å². The number of carbonyl (C=O) groups is 3. The lowest BCUT2D eigenvalue weighted by molar-refractivity contribution is -0.870. The Kier molecular flexibility index (Phi) is 58.5. The minimum absolute atomic E-state index is 0.180. The maximum Gasteiger partial charge on any atom is 0.361 e. The fourth-order valence-corrected chi connectivity index (χ4v) is 8.77. The van der Waals surface area contributed by atoms with Gasteiger partial charge < -0.3 is 28.5 Å². The van der Waals surface area contributed by atoms with Crippen molar-refractivity contribution in [3.63, 3.8) is 0 Å². The molecule has 0 aliphatic rings. The Morgan fingerprint density at radius 1 is 0.370 bits per heavy atom. The van der Waals surface area contributed by atoms with Crippen LogP contribution in [0.3, 0.4) is 0 Å². The maximum absolute atomic E-state index is 12.9. The molecule has 1 N–H and O–H groups in total. The van der Waals surface area contributed by atoms with Crippen molar-refractivity contribution in [3.05, 3.63) is 122 Å². The van der Waals surface area contributed by atoms with Crippen LogP contribution in [0.4, 0.5) is 0 Å². The Labute approximate surface area is 497 Å². The normalized spacial score (nSPS) is 13.5. The summed E-state index contributed by atoms with van der Waals surface area (Å²) in [7, 11) is 5.96. The number of likely N-dealkylation sites (N-methyl/N-ethyl adjacent to an activating group) is 1. The Balaban J connectivity index is 4.06. The van der Waals surface area contributed by atoms with E-state index < -0.39 is 24.3 Å². The van der Waals surface area contributed by atoms with Crippen LogP contribution in [0.25, 0.3) is 0 Å². The summed E-state index contributed by atoms with van der Waals surface area (Å²) in [5, 5.41) is 9.72. The van der Waals surface area contributed by atoms with Crippen molar-refractivity contribution < 1.29 is 42.9 Å². The molecule has 9 nitrogen and oxygen atoms in total. The first-order valence-electron chi connectivity index (χ1n) is 32.7. The summed E-state index contributed by atoms with van der Waals surface area (Å²) in [5.74, 6) is -2.04. The summed E-state index contributed by atoms with van der Waals surface area (Å²) in [6, 6.07) is 0. The van der Waals surface area contributed by atoms with Crippen molar-refractivity contribution in [2.45, 2.75) is 270 Å². The van der Waals surface area contributed by atoms with Gasteiger partial charge in [-0.1, -0.05) is 264 Å². The molecular weight excluding hydrogens is 1010 g/mol. The van der Waals surface area contributed by atoms with E-state index in [1.165, 1.54) is 116 Å². The summed E-state index contributed by atoms with van der Waals surface area (Å²) in [4.78, 5) is 37.5. The number of nitrogens with zero attached hydrogens (tertiary/aromatic N) is 1. The third-order valence-corrected chi connectivity index (χ3v) is 13.7. The van der Waals surface area contributed by atoms with E-state index in [1.807, 2.05) is 21.1 Å². The molecule has 0 saturated carbocycles. The van der Waals surface area contributed by atoms with Gasteiger partial charge in [0.2, 0.25) is 0 Å². The Hall–Kier alpha value is -4.31. The van der Waals surface area contributed by atoms with Gasteiger partial charge in [-0.2, -0.15) is 0 Å². The van der Waals surface area contributed by atoms with Crippen LogP contribution >= 0.6 is 0 Å². The lowest BCUT2D eigenvalue weighted by Gasteiger charge is -2.25. The highest BCUT2D eigenvalue weighted by atomic mass is 16.7. The van der Waals surface area contributed by atoms with E-state index in [0.29, 0.717) is 23.9 Å². The number of hydrogen-bond donors (Lipinski definition) is 1. The maximum atomic E-state index is 12.9. The standard InChI is InChI=1S/C72H121NO8/c1-6-8-10-12-14-16-18-20-22-24-25-26-27-28-29-30-31-32-33-34-35-36-37-38-39-40-41-42-43-44-45-47-49-51-53-55-57-59-61-63-70(75)81-68(67-80-72(71(76)77)78-65-64-73(3,4)5)66-79-69(74)62-60-58-56-54-52-50-48-46-23-21-19-17-15-13-11-9-7-2/h8-11,14-17,20-23,25-26,28-29,31-32,48,50,68,72H,6-7,12-13,18-19,24,27,30,33-47,49,51-67H2,1-5H3/p+1/b10-8-,11-9-,16-14-,17-15-,22-20-,23-21-,26-25-,29-28-,32-31-,50-48-. The van der Waals surface area contributed by atoms with Crippen molar-refractivity contribution >= 4 is 17.9 Å². The number of carboxylic acids is 1. The third kappa shape index (κ3) is 63.1. The smallest absolute Gasteiger partial charge is 0.361 e. The minimum Gasteiger partial charge on any atom is -0.477 e. The molecule has 0 bridgehead atoms. The molecular formula is C72H122NO8+. The van der Waals surface area contributed by atoms with E-state index in [-0.39, 0.29) is 38.6 Å². The number of ether oxygens (including phenoxy) is 4. The number of quaternary nitrogens is 1.